The topological polar surface area (TPSA) is 54.5 Å². The number of imidazole rings is 1. The number of rotatable bonds is 0. The summed E-state index contributed by atoms with van der Waals surface area (Å²) in [7, 11) is 0. The maximum Gasteiger partial charge on any atom is 0.161 e. The Labute approximate surface area is 57.3 Å². The monoisotopic (exact) mass is 133 g/mol. The number of nitrogens with one attached hydrogen (secondary N) is 1. The van der Waals surface area contributed by atoms with Crippen LogP contribution in [-0.4, -0.2) is 19.9 Å². The second kappa shape index (κ2) is 1.76. The molecule has 0 aliphatic heterocycles. The van der Waals surface area contributed by atoms with Crippen molar-refractivity contribution in [3.63, 3.8) is 0 Å². The van der Waals surface area contributed by atoms with Gasteiger partial charge in [-0.1, -0.05) is 0 Å². The predicted octanol–water partition coefficient (Wildman–Crippen LogP) is 0.462. The van der Waals surface area contributed by atoms with Crippen LogP contribution in [0.1, 0.15) is 5.82 Å². The van der Waals surface area contributed by atoms with E-state index in [4.69, 9.17) is 0 Å². The Morgan fingerprint density at radius 3 is 3.40 bits per heavy atom. The van der Waals surface area contributed by atoms with Crippen molar-refractivity contribution in [3.8, 4) is 0 Å². The Hall–Kier alpha value is -1.45. The zero-order valence-electron chi connectivity index (χ0n) is 5.42. The first-order valence-corrected chi connectivity index (χ1v) is 2.91. The van der Waals surface area contributed by atoms with Crippen LogP contribution in [0.5, 0.6) is 0 Å². The highest BCUT2D eigenvalue weighted by Crippen LogP contribution is 2.01. The first-order valence-electron chi connectivity index (χ1n) is 2.91. The van der Waals surface area contributed by atoms with Gasteiger partial charge in [-0.25, -0.2) is 15.0 Å². The van der Waals surface area contributed by atoms with Gasteiger partial charge in [-0.05, 0) is 6.92 Å². The molecule has 0 spiro atoms. The van der Waals surface area contributed by atoms with Crippen molar-refractivity contribution in [2.75, 3.05) is 0 Å². The maximum atomic E-state index is 4.08. The SMILES string of the molecule is Cc1n[c]c2nc[nH]c2n1. The lowest BCUT2D eigenvalue weighted by Crippen LogP contribution is -1.86. The van der Waals surface area contributed by atoms with Gasteiger partial charge < -0.3 is 4.98 Å². The molecule has 0 saturated heterocycles. The molecule has 1 radical (unpaired) electrons. The van der Waals surface area contributed by atoms with E-state index in [9.17, 15) is 0 Å². The van der Waals surface area contributed by atoms with Crippen molar-refractivity contribution >= 4 is 11.2 Å². The van der Waals surface area contributed by atoms with Crippen molar-refractivity contribution < 1.29 is 0 Å². The van der Waals surface area contributed by atoms with E-state index in [0.29, 0.717) is 11.3 Å². The number of fused-ring (bicyclic) bond motifs is 1. The predicted molar refractivity (Wildman–Crippen MR) is 35.3 cm³/mol. The Balaban J connectivity index is 2.86. The van der Waals surface area contributed by atoms with Crippen LogP contribution >= 0.6 is 0 Å². The lowest BCUT2D eigenvalue weighted by molar-refractivity contribution is 1.07. The summed E-state index contributed by atoms with van der Waals surface area (Å²) >= 11 is 0. The molecule has 0 amide bonds. The van der Waals surface area contributed by atoms with E-state index < -0.39 is 0 Å². The van der Waals surface area contributed by atoms with E-state index in [1.807, 2.05) is 6.92 Å². The van der Waals surface area contributed by atoms with Crippen molar-refractivity contribution in [2.45, 2.75) is 6.92 Å². The van der Waals surface area contributed by atoms with Gasteiger partial charge in [-0.15, -0.1) is 0 Å². The van der Waals surface area contributed by atoms with Crippen LogP contribution in [0, 0.1) is 13.1 Å². The van der Waals surface area contributed by atoms with Crippen LogP contribution in [0.2, 0.25) is 0 Å². The zero-order chi connectivity index (χ0) is 6.97. The molecule has 0 atom stereocenters. The van der Waals surface area contributed by atoms with Crippen LogP contribution in [0.3, 0.4) is 0 Å². The quantitative estimate of drug-likeness (QED) is 0.568. The minimum absolute atomic E-state index is 0.686. The first kappa shape index (κ1) is 5.34. The first-order chi connectivity index (χ1) is 4.86. The standard InChI is InChI=1S/C6H5N4/c1-4-7-2-5-6(10-4)9-3-8-5/h3H,1H3,(H,7,8,9,10). The molecule has 0 unspecified atom stereocenters. The van der Waals surface area contributed by atoms with E-state index in [1.165, 1.54) is 0 Å². The molecule has 4 heteroatoms. The summed E-state index contributed by atoms with van der Waals surface area (Å²) in [5.74, 6) is 0.705. The maximum absolute atomic E-state index is 4.08. The molecule has 49 valence electrons. The average Bonchev–Trinajstić information content (AvgIpc) is 2.33. The van der Waals surface area contributed by atoms with Gasteiger partial charge in [0.1, 0.15) is 17.5 Å². The number of aromatic amines is 1. The van der Waals surface area contributed by atoms with Crippen molar-refractivity contribution in [1.29, 1.82) is 0 Å². The van der Waals surface area contributed by atoms with Gasteiger partial charge in [0.25, 0.3) is 0 Å². The van der Waals surface area contributed by atoms with Gasteiger partial charge in [-0.2, -0.15) is 0 Å². The summed E-state index contributed by atoms with van der Waals surface area (Å²) in [4.78, 5) is 14.7. The number of hydrogen-bond acceptors (Lipinski definition) is 3. The van der Waals surface area contributed by atoms with Gasteiger partial charge in [0.2, 0.25) is 0 Å². The Bertz CT molecular complexity index is 351. The highest BCUT2D eigenvalue weighted by molar-refractivity contribution is 5.67. The average molecular weight is 133 g/mol. The van der Waals surface area contributed by atoms with E-state index in [-0.39, 0.29) is 0 Å². The summed E-state index contributed by atoms with van der Waals surface area (Å²) in [6.45, 7) is 1.82. The van der Waals surface area contributed by atoms with E-state index in [2.05, 4.69) is 26.1 Å². The van der Waals surface area contributed by atoms with Crippen LogP contribution < -0.4 is 0 Å². The van der Waals surface area contributed by atoms with Gasteiger partial charge in [0.15, 0.2) is 5.65 Å². The fourth-order valence-electron chi connectivity index (χ4n) is 0.775. The Morgan fingerprint density at radius 1 is 1.60 bits per heavy atom. The lowest BCUT2D eigenvalue weighted by atomic mass is 10.5. The van der Waals surface area contributed by atoms with Crippen LogP contribution in [-0.2, 0) is 0 Å². The third-order valence-electron chi connectivity index (χ3n) is 1.22. The van der Waals surface area contributed by atoms with Crippen LogP contribution in [0.15, 0.2) is 6.33 Å². The molecule has 2 heterocycles. The molecule has 0 bridgehead atoms. The largest absolute Gasteiger partial charge is 0.329 e. The molecule has 4 nitrogen and oxygen atoms in total. The molecule has 1 N–H and O–H groups in total. The van der Waals surface area contributed by atoms with Gasteiger partial charge >= 0.3 is 0 Å². The van der Waals surface area contributed by atoms with Crippen molar-refractivity contribution in [3.05, 3.63) is 18.3 Å². The molecular weight excluding hydrogens is 128 g/mol. The van der Waals surface area contributed by atoms with Crippen LogP contribution in [0.25, 0.3) is 11.2 Å². The van der Waals surface area contributed by atoms with Gasteiger partial charge in [0.05, 0.1) is 6.33 Å². The number of hydrogen-bond donors (Lipinski definition) is 1. The van der Waals surface area contributed by atoms with Crippen molar-refractivity contribution in [2.24, 2.45) is 0 Å². The lowest BCUT2D eigenvalue weighted by Gasteiger charge is -1.86. The summed E-state index contributed by atoms with van der Waals surface area (Å²) in [5.41, 5.74) is 1.43. The molecule has 0 aliphatic rings. The van der Waals surface area contributed by atoms with Crippen LogP contribution in [0.4, 0.5) is 0 Å². The van der Waals surface area contributed by atoms with E-state index >= 15 is 0 Å². The van der Waals surface area contributed by atoms with E-state index in [1.54, 1.807) is 6.33 Å². The second-order valence-corrected chi connectivity index (χ2v) is 1.98. The molecule has 2 aromatic heterocycles. The fourth-order valence-corrected chi connectivity index (χ4v) is 0.775. The molecular formula is C6H5N4. The zero-order valence-corrected chi connectivity index (χ0v) is 5.42. The normalized spacial score (nSPS) is 10.5. The number of aryl methyl sites for hydroxylation is 1. The molecule has 0 saturated carbocycles. The van der Waals surface area contributed by atoms with Crippen molar-refractivity contribution in [1.82, 2.24) is 19.9 Å². The summed E-state index contributed by atoms with van der Waals surface area (Å²) in [6.07, 6.45) is 4.32. The molecule has 0 aromatic carbocycles. The highest BCUT2D eigenvalue weighted by atomic mass is 15.0. The second-order valence-electron chi connectivity index (χ2n) is 1.98. The number of nitrogens with zero attached hydrogens (tertiary/aromatic N) is 3. The summed E-state index contributed by atoms with van der Waals surface area (Å²) in [6, 6.07) is 0. The summed E-state index contributed by atoms with van der Waals surface area (Å²) < 4.78 is 0. The third kappa shape index (κ3) is 0.655. The van der Waals surface area contributed by atoms with Gasteiger partial charge in [0, 0.05) is 0 Å². The molecule has 0 fully saturated rings. The highest BCUT2D eigenvalue weighted by Gasteiger charge is 1.96. The molecule has 0 aliphatic carbocycles. The minimum Gasteiger partial charge on any atom is -0.329 e. The Kier molecular flexibility index (Phi) is 0.943. The number of H-pyrrole nitrogens is 1. The molecule has 2 rings (SSSR count). The number of aromatic nitrogens is 4. The smallest absolute Gasteiger partial charge is 0.161 e. The Morgan fingerprint density at radius 2 is 2.50 bits per heavy atom. The van der Waals surface area contributed by atoms with E-state index in [0.717, 1.165) is 5.65 Å². The van der Waals surface area contributed by atoms with Gasteiger partial charge in [-0.3, -0.25) is 0 Å². The third-order valence-corrected chi connectivity index (χ3v) is 1.22. The minimum atomic E-state index is 0.686. The summed E-state index contributed by atoms with van der Waals surface area (Å²) in [5, 5.41) is 0. The fraction of sp³-hybridized carbons (Fsp3) is 0.167. The molecule has 10 heavy (non-hydrogen) atoms. The molecule has 2 aromatic rings.